The topological polar surface area (TPSA) is 70.8 Å². The molecule has 6 nitrogen and oxygen atoms in total. The largest absolute Gasteiger partial charge is 0.357 e. The number of nitro groups is 1. The van der Waals surface area contributed by atoms with Crippen LogP contribution < -0.4 is 5.32 Å². The van der Waals surface area contributed by atoms with Crippen LogP contribution in [0.5, 0.6) is 0 Å². The van der Waals surface area contributed by atoms with Gasteiger partial charge in [0.25, 0.3) is 5.69 Å². The first kappa shape index (κ1) is 19.0. The van der Waals surface area contributed by atoms with E-state index in [0.717, 1.165) is 31.2 Å². The Hall–Kier alpha value is -1.38. The van der Waals surface area contributed by atoms with E-state index >= 15 is 0 Å². The van der Waals surface area contributed by atoms with Crippen LogP contribution in [-0.4, -0.2) is 35.4 Å². The van der Waals surface area contributed by atoms with Crippen LogP contribution in [0, 0.1) is 15.5 Å². The van der Waals surface area contributed by atoms with Gasteiger partial charge in [0.05, 0.1) is 11.5 Å². The van der Waals surface area contributed by atoms with Crippen LogP contribution in [-0.2, 0) is 6.54 Å². The molecule has 1 aromatic rings. The maximum Gasteiger partial charge on any atom is 0.269 e. The van der Waals surface area contributed by atoms with Gasteiger partial charge in [-0.3, -0.25) is 10.1 Å². The molecule has 0 unspecified atom stereocenters. The van der Waals surface area contributed by atoms with Gasteiger partial charge < -0.3 is 10.2 Å². The highest BCUT2D eigenvalue weighted by Gasteiger charge is 2.43. The molecule has 2 aliphatic rings. The van der Waals surface area contributed by atoms with Crippen molar-refractivity contribution in [2.45, 2.75) is 39.2 Å². The third kappa shape index (κ3) is 4.17. The van der Waals surface area contributed by atoms with Crippen LogP contribution >= 0.6 is 24.0 Å². The molecule has 1 saturated heterocycles. The third-order valence-corrected chi connectivity index (χ3v) is 5.02. The fourth-order valence-electron chi connectivity index (χ4n) is 3.56. The molecule has 0 radical (unpaired) electrons. The van der Waals surface area contributed by atoms with Crippen LogP contribution in [0.3, 0.4) is 0 Å². The molecule has 0 amide bonds. The molecule has 0 atom stereocenters. The average molecular weight is 444 g/mol. The molecule has 7 heteroatoms. The first-order chi connectivity index (χ1) is 11.1. The minimum atomic E-state index is -0.362. The summed E-state index contributed by atoms with van der Waals surface area (Å²) in [5.41, 5.74) is 1.52. The van der Waals surface area contributed by atoms with E-state index in [0.29, 0.717) is 12.0 Å². The molecule has 1 N–H and O–H groups in total. The number of aliphatic imine (C=N–C) groups is 1. The molecule has 1 aromatic carbocycles. The molecular formula is C17H25IN4O2. The second kappa shape index (κ2) is 8.13. The number of nitro benzene ring substituents is 1. The number of likely N-dealkylation sites (tertiary alicyclic amines) is 1. The van der Waals surface area contributed by atoms with Crippen LogP contribution in [0.2, 0.25) is 0 Å². The maximum atomic E-state index is 10.9. The summed E-state index contributed by atoms with van der Waals surface area (Å²) in [4.78, 5) is 17.5. The van der Waals surface area contributed by atoms with Crippen molar-refractivity contribution in [1.82, 2.24) is 10.2 Å². The van der Waals surface area contributed by atoms with Crippen LogP contribution in [0.25, 0.3) is 0 Å². The number of halogens is 1. The standard InChI is InChI=1S/C17H24N4O2.HI/c1-2-18-16(20-10-9-17(13-20)7-4-8-17)19-12-14-5-3-6-15(11-14)21(22)23;/h3,5-6,11H,2,4,7-10,12-13H2,1H3,(H,18,19);1H. The smallest absolute Gasteiger partial charge is 0.269 e. The molecule has 1 heterocycles. The quantitative estimate of drug-likeness (QED) is 0.254. The average Bonchev–Trinajstić information content (AvgIpc) is 2.97. The Morgan fingerprint density at radius 3 is 2.79 bits per heavy atom. The highest BCUT2D eigenvalue weighted by molar-refractivity contribution is 14.0. The zero-order chi connectivity index (χ0) is 16.3. The Morgan fingerprint density at radius 2 is 2.21 bits per heavy atom. The van der Waals surface area contributed by atoms with E-state index in [9.17, 15) is 10.1 Å². The van der Waals surface area contributed by atoms with Crippen molar-refractivity contribution in [2.75, 3.05) is 19.6 Å². The fraction of sp³-hybridized carbons (Fsp3) is 0.588. The van der Waals surface area contributed by atoms with Gasteiger partial charge in [0.1, 0.15) is 0 Å². The summed E-state index contributed by atoms with van der Waals surface area (Å²) in [6.07, 6.45) is 5.30. The second-order valence-electron chi connectivity index (χ2n) is 6.62. The zero-order valence-corrected chi connectivity index (χ0v) is 16.4. The lowest BCUT2D eigenvalue weighted by atomic mass is 9.68. The van der Waals surface area contributed by atoms with E-state index in [1.54, 1.807) is 12.1 Å². The molecular weight excluding hydrogens is 419 g/mol. The van der Waals surface area contributed by atoms with Crippen LogP contribution in [0.1, 0.15) is 38.2 Å². The molecule has 2 fully saturated rings. The summed E-state index contributed by atoms with van der Waals surface area (Å²) >= 11 is 0. The monoisotopic (exact) mass is 444 g/mol. The molecule has 3 rings (SSSR count). The zero-order valence-electron chi connectivity index (χ0n) is 14.0. The lowest BCUT2D eigenvalue weighted by molar-refractivity contribution is -0.384. The van der Waals surface area contributed by atoms with Gasteiger partial charge in [0.15, 0.2) is 5.96 Å². The van der Waals surface area contributed by atoms with Crippen LogP contribution in [0.4, 0.5) is 5.69 Å². The Balaban J connectivity index is 0.00000208. The number of benzene rings is 1. The number of nitrogens with zero attached hydrogens (tertiary/aromatic N) is 3. The molecule has 1 spiro atoms. The van der Waals surface area contributed by atoms with Crippen molar-refractivity contribution in [3.63, 3.8) is 0 Å². The summed E-state index contributed by atoms with van der Waals surface area (Å²) in [5.74, 6) is 0.933. The predicted molar refractivity (Wildman–Crippen MR) is 106 cm³/mol. The van der Waals surface area contributed by atoms with E-state index < -0.39 is 0 Å². The van der Waals surface area contributed by atoms with Gasteiger partial charge in [-0.25, -0.2) is 4.99 Å². The predicted octanol–water partition coefficient (Wildman–Crippen LogP) is 3.55. The van der Waals surface area contributed by atoms with Crippen molar-refractivity contribution < 1.29 is 4.92 Å². The Kier molecular flexibility index (Phi) is 6.42. The summed E-state index contributed by atoms with van der Waals surface area (Å²) in [6.45, 7) is 5.51. The molecule has 132 valence electrons. The van der Waals surface area contributed by atoms with E-state index in [1.165, 1.54) is 31.7 Å². The van der Waals surface area contributed by atoms with E-state index in [2.05, 4.69) is 17.1 Å². The number of rotatable bonds is 4. The lowest BCUT2D eigenvalue weighted by Gasteiger charge is -2.38. The highest BCUT2D eigenvalue weighted by Crippen LogP contribution is 2.47. The number of nitrogens with one attached hydrogen (secondary N) is 1. The SMILES string of the molecule is CCNC(=NCc1cccc([N+](=O)[O-])c1)N1CCC2(CCC2)C1.I. The van der Waals surface area contributed by atoms with E-state index in [1.807, 2.05) is 6.07 Å². The minimum Gasteiger partial charge on any atom is -0.357 e. The van der Waals surface area contributed by atoms with Gasteiger partial charge >= 0.3 is 0 Å². The lowest BCUT2D eigenvalue weighted by Crippen LogP contribution is -2.42. The molecule has 24 heavy (non-hydrogen) atoms. The summed E-state index contributed by atoms with van der Waals surface area (Å²) < 4.78 is 0. The Bertz CT molecular complexity index is 616. The van der Waals surface area contributed by atoms with Crippen molar-refractivity contribution in [3.8, 4) is 0 Å². The van der Waals surface area contributed by atoms with Crippen LogP contribution in [0.15, 0.2) is 29.3 Å². The van der Waals surface area contributed by atoms with Gasteiger partial charge in [-0.05, 0) is 37.2 Å². The van der Waals surface area contributed by atoms with Crippen molar-refractivity contribution in [1.29, 1.82) is 0 Å². The number of hydrogen-bond acceptors (Lipinski definition) is 3. The summed E-state index contributed by atoms with van der Waals surface area (Å²) in [7, 11) is 0. The maximum absolute atomic E-state index is 10.9. The Labute approximate surface area is 159 Å². The van der Waals surface area contributed by atoms with Gasteiger partial charge in [-0.1, -0.05) is 18.6 Å². The molecule has 0 aromatic heterocycles. The van der Waals surface area contributed by atoms with Crippen molar-refractivity contribution >= 4 is 35.6 Å². The number of hydrogen-bond donors (Lipinski definition) is 1. The fourth-order valence-corrected chi connectivity index (χ4v) is 3.56. The van der Waals surface area contributed by atoms with E-state index in [4.69, 9.17) is 4.99 Å². The molecule has 0 bridgehead atoms. The highest BCUT2D eigenvalue weighted by atomic mass is 127. The molecule has 1 aliphatic carbocycles. The molecule has 1 saturated carbocycles. The van der Waals surface area contributed by atoms with Gasteiger partial charge in [0.2, 0.25) is 0 Å². The number of non-ortho nitro benzene ring substituents is 1. The summed E-state index contributed by atoms with van der Waals surface area (Å²) in [5, 5.41) is 14.2. The number of guanidine groups is 1. The van der Waals surface area contributed by atoms with Gasteiger partial charge in [0, 0.05) is 31.8 Å². The first-order valence-electron chi connectivity index (χ1n) is 8.38. The van der Waals surface area contributed by atoms with Crippen molar-refractivity contribution in [3.05, 3.63) is 39.9 Å². The second-order valence-corrected chi connectivity index (χ2v) is 6.62. The van der Waals surface area contributed by atoms with Gasteiger partial charge in [-0.15, -0.1) is 24.0 Å². The molecule has 1 aliphatic heterocycles. The minimum absolute atomic E-state index is 0. The van der Waals surface area contributed by atoms with Crippen molar-refractivity contribution in [2.24, 2.45) is 10.4 Å². The third-order valence-electron chi connectivity index (χ3n) is 5.02. The Morgan fingerprint density at radius 1 is 1.42 bits per heavy atom. The first-order valence-corrected chi connectivity index (χ1v) is 8.38. The van der Waals surface area contributed by atoms with E-state index in [-0.39, 0.29) is 34.6 Å². The van der Waals surface area contributed by atoms with Gasteiger partial charge in [-0.2, -0.15) is 0 Å². The normalized spacial score (nSPS) is 18.9. The summed E-state index contributed by atoms with van der Waals surface area (Å²) in [6, 6.07) is 6.72.